The number of furan rings is 1. The van der Waals surface area contributed by atoms with Gasteiger partial charge in [-0.3, -0.25) is 0 Å². The molecular formula is C15H19NO. The monoisotopic (exact) mass is 229 g/mol. The summed E-state index contributed by atoms with van der Waals surface area (Å²) in [6, 6.07) is 10.8. The Morgan fingerprint density at radius 3 is 2.71 bits per heavy atom. The van der Waals surface area contributed by atoms with Gasteiger partial charge in [-0.1, -0.05) is 31.2 Å². The van der Waals surface area contributed by atoms with Crippen LogP contribution in [0, 0.1) is 6.92 Å². The minimum absolute atomic E-state index is 0.136. The SMILES string of the molecule is CCc1cccc(C(NC)c2occc2C)c1. The third-order valence-electron chi connectivity index (χ3n) is 3.15. The van der Waals surface area contributed by atoms with Crippen molar-refractivity contribution < 1.29 is 4.42 Å². The summed E-state index contributed by atoms with van der Waals surface area (Å²) < 4.78 is 5.58. The second-order valence-corrected chi connectivity index (χ2v) is 4.29. The van der Waals surface area contributed by atoms with Crippen molar-refractivity contribution in [3.63, 3.8) is 0 Å². The number of nitrogens with one attached hydrogen (secondary N) is 1. The zero-order chi connectivity index (χ0) is 12.3. The molecule has 0 saturated heterocycles. The zero-order valence-electron chi connectivity index (χ0n) is 10.7. The number of benzene rings is 1. The Kier molecular flexibility index (Phi) is 3.64. The van der Waals surface area contributed by atoms with E-state index in [0.29, 0.717) is 0 Å². The third kappa shape index (κ3) is 2.42. The maximum absolute atomic E-state index is 5.58. The average molecular weight is 229 g/mol. The Morgan fingerprint density at radius 2 is 2.12 bits per heavy atom. The van der Waals surface area contributed by atoms with E-state index in [1.54, 1.807) is 6.26 Å². The summed E-state index contributed by atoms with van der Waals surface area (Å²) in [6.45, 7) is 4.25. The minimum Gasteiger partial charge on any atom is -0.467 e. The van der Waals surface area contributed by atoms with Crippen molar-refractivity contribution in [1.82, 2.24) is 5.32 Å². The van der Waals surface area contributed by atoms with Gasteiger partial charge in [0.05, 0.1) is 12.3 Å². The second-order valence-electron chi connectivity index (χ2n) is 4.29. The molecule has 1 unspecified atom stereocenters. The van der Waals surface area contributed by atoms with Crippen LogP contribution in [0.3, 0.4) is 0 Å². The van der Waals surface area contributed by atoms with Crippen molar-refractivity contribution in [2.24, 2.45) is 0 Å². The predicted molar refractivity (Wildman–Crippen MR) is 70.2 cm³/mol. The molecular weight excluding hydrogens is 210 g/mol. The lowest BCUT2D eigenvalue weighted by Gasteiger charge is -2.16. The van der Waals surface area contributed by atoms with Crippen molar-refractivity contribution >= 4 is 0 Å². The van der Waals surface area contributed by atoms with Gasteiger partial charge in [0.15, 0.2) is 0 Å². The molecule has 0 aliphatic rings. The fourth-order valence-corrected chi connectivity index (χ4v) is 2.12. The summed E-state index contributed by atoms with van der Waals surface area (Å²) in [5, 5.41) is 3.32. The number of rotatable bonds is 4. The predicted octanol–water partition coefficient (Wildman–Crippen LogP) is 3.46. The third-order valence-corrected chi connectivity index (χ3v) is 3.15. The molecule has 0 amide bonds. The summed E-state index contributed by atoms with van der Waals surface area (Å²) in [5.41, 5.74) is 3.79. The maximum atomic E-state index is 5.58. The van der Waals surface area contributed by atoms with Crippen LogP contribution in [0.15, 0.2) is 41.0 Å². The lowest BCUT2D eigenvalue weighted by atomic mass is 9.99. The van der Waals surface area contributed by atoms with Crippen molar-refractivity contribution in [1.29, 1.82) is 0 Å². The first-order chi connectivity index (χ1) is 8.26. The molecule has 0 bridgehead atoms. The number of hydrogen-bond donors (Lipinski definition) is 1. The standard InChI is InChI=1S/C15H19NO/c1-4-12-6-5-7-13(10-12)14(16-3)15-11(2)8-9-17-15/h5-10,14,16H,4H2,1-3H3. The molecule has 1 N–H and O–H groups in total. The molecule has 0 aliphatic carbocycles. The molecule has 2 aromatic rings. The number of hydrogen-bond acceptors (Lipinski definition) is 2. The lowest BCUT2D eigenvalue weighted by Crippen LogP contribution is -2.18. The first-order valence-electron chi connectivity index (χ1n) is 6.06. The van der Waals surface area contributed by atoms with Crippen LogP contribution in [0.1, 0.15) is 35.4 Å². The van der Waals surface area contributed by atoms with E-state index in [1.165, 1.54) is 16.7 Å². The van der Waals surface area contributed by atoms with E-state index in [2.05, 4.69) is 43.4 Å². The maximum Gasteiger partial charge on any atom is 0.128 e. The highest BCUT2D eigenvalue weighted by atomic mass is 16.3. The van der Waals surface area contributed by atoms with Gasteiger partial charge in [0.25, 0.3) is 0 Å². The molecule has 90 valence electrons. The van der Waals surface area contributed by atoms with Crippen LogP contribution in [-0.4, -0.2) is 7.05 Å². The van der Waals surface area contributed by atoms with Crippen molar-refractivity contribution in [2.75, 3.05) is 7.05 Å². The van der Waals surface area contributed by atoms with Crippen LogP contribution >= 0.6 is 0 Å². The highest BCUT2D eigenvalue weighted by Crippen LogP contribution is 2.25. The van der Waals surface area contributed by atoms with Crippen LogP contribution < -0.4 is 5.32 Å². The van der Waals surface area contributed by atoms with Crippen LogP contribution in [-0.2, 0) is 6.42 Å². The van der Waals surface area contributed by atoms with Gasteiger partial charge in [0, 0.05) is 0 Å². The quantitative estimate of drug-likeness (QED) is 0.868. The van der Waals surface area contributed by atoms with Crippen molar-refractivity contribution in [3.8, 4) is 0 Å². The summed E-state index contributed by atoms with van der Waals surface area (Å²) in [7, 11) is 1.96. The van der Waals surface area contributed by atoms with Gasteiger partial charge in [-0.25, -0.2) is 0 Å². The van der Waals surface area contributed by atoms with Crippen LogP contribution in [0.4, 0.5) is 0 Å². The molecule has 1 aromatic carbocycles. The lowest BCUT2D eigenvalue weighted by molar-refractivity contribution is 0.460. The van der Waals surface area contributed by atoms with Gasteiger partial charge >= 0.3 is 0 Å². The Labute approximate surface area is 103 Å². The molecule has 2 nitrogen and oxygen atoms in total. The molecule has 1 heterocycles. The molecule has 17 heavy (non-hydrogen) atoms. The molecule has 1 atom stereocenters. The van der Waals surface area contributed by atoms with E-state index in [0.717, 1.165) is 12.2 Å². The van der Waals surface area contributed by atoms with Gasteiger partial charge < -0.3 is 9.73 Å². The first kappa shape index (κ1) is 11.9. The summed E-state index contributed by atoms with van der Waals surface area (Å²) in [4.78, 5) is 0. The van der Waals surface area contributed by atoms with Crippen molar-refractivity contribution in [2.45, 2.75) is 26.3 Å². The molecule has 0 radical (unpaired) electrons. The number of aryl methyl sites for hydroxylation is 2. The summed E-state index contributed by atoms with van der Waals surface area (Å²) in [5.74, 6) is 1.00. The molecule has 0 aliphatic heterocycles. The molecule has 2 rings (SSSR count). The van der Waals surface area contributed by atoms with E-state index < -0.39 is 0 Å². The van der Waals surface area contributed by atoms with Crippen LogP contribution in [0.5, 0.6) is 0 Å². The van der Waals surface area contributed by atoms with Gasteiger partial charge in [-0.05, 0) is 43.1 Å². The Balaban J connectivity index is 2.38. The van der Waals surface area contributed by atoms with E-state index in [9.17, 15) is 0 Å². The van der Waals surface area contributed by atoms with Gasteiger partial charge in [-0.2, -0.15) is 0 Å². The average Bonchev–Trinajstić information content (AvgIpc) is 2.77. The van der Waals surface area contributed by atoms with Gasteiger partial charge in [-0.15, -0.1) is 0 Å². The second kappa shape index (κ2) is 5.19. The fourth-order valence-electron chi connectivity index (χ4n) is 2.12. The van der Waals surface area contributed by atoms with Crippen LogP contribution in [0.2, 0.25) is 0 Å². The molecule has 2 heteroatoms. The topological polar surface area (TPSA) is 25.2 Å². The smallest absolute Gasteiger partial charge is 0.128 e. The molecule has 0 fully saturated rings. The van der Waals surface area contributed by atoms with Crippen LogP contribution in [0.25, 0.3) is 0 Å². The Bertz CT molecular complexity index is 487. The normalized spacial score (nSPS) is 12.6. The molecule has 0 saturated carbocycles. The highest BCUT2D eigenvalue weighted by Gasteiger charge is 2.17. The van der Waals surface area contributed by atoms with Crippen molar-refractivity contribution in [3.05, 3.63) is 59.0 Å². The minimum atomic E-state index is 0.136. The van der Waals surface area contributed by atoms with E-state index >= 15 is 0 Å². The Morgan fingerprint density at radius 1 is 1.29 bits per heavy atom. The fraction of sp³-hybridized carbons (Fsp3) is 0.333. The van der Waals surface area contributed by atoms with E-state index in [4.69, 9.17) is 4.42 Å². The van der Waals surface area contributed by atoms with E-state index in [1.807, 2.05) is 13.1 Å². The highest BCUT2D eigenvalue weighted by molar-refractivity contribution is 5.33. The summed E-state index contributed by atoms with van der Waals surface area (Å²) in [6.07, 6.45) is 2.81. The zero-order valence-corrected chi connectivity index (χ0v) is 10.7. The first-order valence-corrected chi connectivity index (χ1v) is 6.06. The largest absolute Gasteiger partial charge is 0.467 e. The molecule has 1 aromatic heterocycles. The van der Waals surface area contributed by atoms with Gasteiger partial charge in [0.2, 0.25) is 0 Å². The van der Waals surface area contributed by atoms with E-state index in [-0.39, 0.29) is 6.04 Å². The Hall–Kier alpha value is -1.54. The van der Waals surface area contributed by atoms with Gasteiger partial charge in [0.1, 0.15) is 5.76 Å². The summed E-state index contributed by atoms with van der Waals surface area (Å²) >= 11 is 0. The molecule has 0 spiro atoms.